The Morgan fingerprint density at radius 2 is 2.18 bits per heavy atom. The third kappa shape index (κ3) is 6.61. The molecule has 0 radical (unpaired) electrons. The topological polar surface area (TPSA) is 21.3 Å². The van der Waals surface area contributed by atoms with Crippen LogP contribution in [0.3, 0.4) is 0 Å². The molecule has 1 rings (SSSR count). The number of rotatable bonds is 9. The summed E-state index contributed by atoms with van der Waals surface area (Å²) in [5.41, 5.74) is 0. The van der Waals surface area contributed by atoms with Gasteiger partial charge in [-0.25, -0.2) is 0 Å². The van der Waals surface area contributed by atoms with Crippen LogP contribution in [-0.2, 0) is 17.9 Å². The van der Waals surface area contributed by atoms with Crippen molar-refractivity contribution in [2.24, 2.45) is 5.92 Å². The van der Waals surface area contributed by atoms with Gasteiger partial charge in [-0.15, -0.1) is 17.9 Å². The van der Waals surface area contributed by atoms with Crippen molar-refractivity contribution in [1.29, 1.82) is 0 Å². The molecule has 17 heavy (non-hydrogen) atoms. The molecule has 0 bridgehead atoms. The summed E-state index contributed by atoms with van der Waals surface area (Å²) in [6.45, 7) is 11.6. The van der Waals surface area contributed by atoms with Crippen LogP contribution in [-0.4, -0.2) is 13.2 Å². The summed E-state index contributed by atoms with van der Waals surface area (Å²) in [4.78, 5) is 2.68. The van der Waals surface area contributed by atoms with Crippen molar-refractivity contribution >= 4 is 11.3 Å². The summed E-state index contributed by atoms with van der Waals surface area (Å²) in [6.07, 6.45) is 2.81. The van der Waals surface area contributed by atoms with Crippen molar-refractivity contribution in [1.82, 2.24) is 5.32 Å². The summed E-state index contributed by atoms with van der Waals surface area (Å²) in [6, 6.07) is 4.34. The van der Waals surface area contributed by atoms with Crippen LogP contribution in [0.2, 0.25) is 0 Å². The first-order chi connectivity index (χ1) is 8.22. The van der Waals surface area contributed by atoms with E-state index in [-0.39, 0.29) is 0 Å². The van der Waals surface area contributed by atoms with E-state index >= 15 is 0 Å². The number of hydrogen-bond donors (Lipinski definition) is 1. The molecule has 0 aliphatic carbocycles. The highest BCUT2D eigenvalue weighted by Crippen LogP contribution is 2.17. The summed E-state index contributed by atoms with van der Waals surface area (Å²) < 4.78 is 5.53. The molecule has 3 heteroatoms. The Morgan fingerprint density at radius 1 is 1.41 bits per heavy atom. The lowest BCUT2D eigenvalue weighted by Gasteiger charge is -2.05. The minimum Gasteiger partial charge on any atom is -0.376 e. The molecular formula is C14H23NOS. The first-order valence-electron chi connectivity index (χ1n) is 6.19. The van der Waals surface area contributed by atoms with Gasteiger partial charge in [0.05, 0.1) is 13.2 Å². The SMILES string of the molecule is C=CCCOCc1ccc(CNCC(C)C)s1. The van der Waals surface area contributed by atoms with Crippen molar-refractivity contribution in [3.8, 4) is 0 Å². The fraction of sp³-hybridized carbons (Fsp3) is 0.571. The summed E-state index contributed by atoms with van der Waals surface area (Å²) >= 11 is 1.83. The standard InChI is InChI=1S/C14H23NOS/c1-4-5-8-16-11-14-7-6-13(17-14)10-15-9-12(2)3/h4,6-7,12,15H,1,5,8-11H2,2-3H3. The van der Waals surface area contributed by atoms with Gasteiger partial charge in [0.1, 0.15) is 0 Å². The average molecular weight is 253 g/mol. The van der Waals surface area contributed by atoms with Gasteiger partial charge < -0.3 is 10.1 Å². The molecule has 0 amide bonds. The van der Waals surface area contributed by atoms with Crippen LogP contribution in [0.4, 0.5) is 0 Å². The third-order valence-electron chi connectivity index (χ3n) is 2.28. The van der Waals surface area contributed by atoms with E-state index in [1.165, 1.54) is 9.75 Å². The number of ether oxygens (including phenoxy) is 1. The normalized spacial score (nSPS) is 11.0. The van der Waals surface area contributed by atoms with Gasteiger partial charge in [-0.3, -0.25) is 0 Å². The fourth-order valence-corrected chi connectivity index (χ4v) is 2.34. The van der Waals surface area contributed by atoms with E-state index in [1.807, 2.05) is 17.4 Å². The van der Waals surface area contributed by atoms with Gasteiger partial charge in [0.25, 0.3) is 0 Å². The molecule has 1 N–H and O–H groups in total. The largest absolute Gasteiger partial charge is 0.376 e. The molecule has 1 aromatic heterocycles. The molecule has 0 atom stereocenters. The second-order valence-electron chi connectivity index (χ2n) is 4.52. The zero-order valence-corrected chi connectivity index (χ0v) is 11.7. The van der Waals surface area contributed by atoms with Crippen molar-refractivity contribution in [2.75, 3.05) is 13.2 Å². The number of hydrogen-bond acceptors (Lipinski definition) is 3. The Hall–Kier alpha value is -0.640. The maximum atomic E-state index is 5.53. The monoisotopic (exact) mass is 253 g/mol. The van der Waals surface area contributed by atoms with Crippen LogP contribution >= 0.6 is 11.3 Å². The lowest BCUT2D eigenvalue weighted by Crippen LogP contribution is -2.18. The Bertz CT molecular complexity index is 320. The van der Waals surface area contributed by atoms with E-state index < -0.39 is 0 Å². The molecule has 0 aliphatic heterocycles. The van der Waals surface area contributed by atoms with Gasteiger partial charge in [0, 0.05) is 16.3 Å². The van der Waals surface area contributed by atoms with Crippen LogP contribution < -0.4 is 5.32 Å². The molecule has 0 saturated carbocycles. The zero-order valence-electron chi connectivity index (χ0n) is 10.9. The van der Waals surface area contributed by atoms with E-state index in [0.29, 0.717) is 5.92 Å². The first-order valence-corrected chi connectivity index (χ1v) is 7.01. The van der Waals surface area contributed by atoms with Crippen LogP contribution in [0.1, 0.15) is 30.0 Å². The Morgan fingerprint density at radius 3 is 2.88 bits per heavy atom. The number of thiophene rings is 1. The van der Waals surface area contributed by atoms with Gasteiger partial charge in [-0.05, 0) is 31.0 Å². The van der Waals surface area contributed by atoms with E-state index in [4.69, 9.17) is 4.74 Å². The number of nitrogens with one attached hydrogen (secondary N) is 1. The molecular weight excluding hydrogens is 230 g/mol. The summed E-state index contributed by atoms with van der Waals surface area (Å²) in [5, 5.41) is 3.45. The van der Waals surface area contributed by atoms with Crippen LogP contribution in [0, 0.1) is 5.92 Å². The zero-order chi connectivity index (χ0) is 12.5. The lowest BCUT2D eigenvalue weighted by atomic mass is 10.2. The second-order valence-corrected chi connectivity index (χ2v) is 5.78. The minimum atomic E-state index is 0.705. The van der Waals surface area contributed by atoms with E-state index in [1.54, 1.807) is 0 Å². The quantitative estimate of drug-likeness (QED) is 0.536. The minimum absolute atomic E-state index is 0.705. The molecule has 1 aromatic rings. The maximum Gasteiger partial charge on any atom is 0.0809 e. The van der Waals surface area contributed by atoms with Crippen molar-refractivity contribution in [2.45, 2.75) is 33.4 Å². The van der Waals surface area contributed by atoms with Crippen LogP contribution in [0.5, 0.6) is 0 Å². The molecule has 2 nitrogen and oxygen atoms in total. The van der Waals surface area contributed by atoms with Crippen molar-refractivity contribution in [3.05, 3.63) is 34.5 Å². The Labute approximate surface area is 109 Å². The first kappa shape index (κ1) is 14.4. The highest BCUT2D eigenvalue weighted by Gasteiger charge is 2.00. The molecule has 0 saturated heterocycles. The van der Waals surface area contributed by atoms with Gasteiger partial charge in [0.15, 0.2) is 0 Å². The Kier molecular flexibility index (Phi) is 7.17. The average Bonchev–Trinajstić information content (AvgIpc) is 2.72. The highest BCUT2D eigenvalue weighted by atomic mass is 32.1. The van der Waals surface area contributed by atoms with Gasteiger partial charge in [-0.1, -0.05) is 19.9 Å². The predicted octanol–water partition coefficient (Wildman–Crippen LogP) is 3.59. The molecule has 0 unspecified atom stereocenters. The summed E-state index contributed by atoms with van der Waals surface area (Å²) in [7, 11) is 0. The van der Waals surface area contributed by atoms with Crippen molar-refractivity contribution < 1.29 is 4.74 Å². The fourth-order valence-electron chi connectivity index (χ4n) is 1.42. The highest BCUT2D eigenvalue weighted by molar-refractivity contribution is 7.11. The van der Waals surface area contributed by atoms with Gasteiger partial charge in [-0.2, -0.15) is 0 Å². The molecule has 0 spiro atoms. The molecule has 96 valence electrons. The second kappa shape index (κ2) is 8.45. The van der Waals surface area contributed by atoms with Crippen LogP contribution in [0.25, 0.3) is 0 Å². The van der Waals surface area contributed by atoms with Gasteiger partial charge >= 0.3 is 0 Å². The smallest absolute Gasteiger partial charge is 0.0809 e. The van der Waals surface area contributed by atoms with E-state index in [2.05, 4.69) is 37.9 Å². The Balaban J connectivity index is 2.20. The maximum absolute atomic E-state index is 5.53. The molecule has 1 heterocycles. The van der Waals surface area contributed by atoms with Gasteiger partial charge in [0.2, 0.25) is 0 Å². The molecule has 0 fully saturated rings. The van der Waals surface area contributed by atoms with Crippen LogP contribution in [0.15, 0.2) is 24.8 Å². The predicted molar refractivity (Wildman–Crippen MR) is 75.3 cm³/mol. The lowest BCUT2D eigenvalue weighted by molar-refractivity contribution is 0.127. The van der Waals surface area contributed by atoms with E-state index in [0.717, 1.165) is 32.7 Å². The summed E-state index contributed by atoms with van der Waals surface area (Å²) in [5.74, 6) is 0.705. The molecule has 0 aliphatic rings. The third-order valence-corrected chi connectivity index (χ3v) is 3.34. The molecule has 0 aromatic carbocycles. The van der Waals surface area contributed by atoms with E-state index in [9.17, 15) is 0 Å². The van der Waals surface area contributed by atoms with Crippen molar-refractivity contribution in [3.63, 3.8) is 0 Å².